The Hall–Kier alpha value is -1.10. The number of nitrogens with one attached hydrogen (secondary N) is 2. The van der Waals surface area contributed by atoms with E-state index in [0.717, 1.165) is 38.5 Å². The fraction of sp³-hybridized carbons (Fsp3) is 0.875. The van der Waals surface area contributed by atoms with Crippen LogP contribution in [-0.4, -0.2) is 29.9 Å². The molecule has 1 atom stereocenters. The zero-order valence-corrected chi connectivity index (χ0v) is 13.7. The molecule has 4 N–H and O–H groups in total. The minimum absolute atomic E-state index is 0.0385. The van der Waals surface area contributed by atoms with Gasteiger partial charge in [0, 0.05) is 24.9 Å². The molecule has 1 saturated carbocycles. The van der Waals surface area contributed by atoms with Gasteiger partial charge in [0.15, 0.2) is 0 Å². The molecule has 0 aromatic rings. The molecule has 5 heteroatoms. The molecule has 0 aromatic carbocycles. The Morgan fingerprint density at radius 3 is 2.29 bits per heavy atom. The van der Waals surface area contributed by atoms with Crippen molar-refractivity contribution in [3.05, 3.63) is 0 Å². The lowest BCUT2D eigenvalue weighted by atomic mass is 9.92. The second-order valence-electron chi connectivity index (χ2n) is 6.33. The topological polar surface area (TPSA) is 84.2 Å². The molecule has 0 radical (unpaired) electrons. The van der Waals surface area contributed by atoms with E-state index < -0.39 is 0 Å². The SMILES string of the molecule is CCC(CC)(CN)NC(=O)CC(C)NC(=O)C1CCCC1. The Balaban J connectivity index is 2.40. The van der Waals surface area contributed by atoms with Gasteiger partial charge in [-0.25, -0.2) is 0 Å². The third kappa shape index (κ3) is 5.30. The van der Waals surface area contributed by atoms with Crippen LogP contribution in [0.1, 0.15) is 65.7 Å². The highest BCUT2D eigenvalue weighted by Crippen LogP contribution is 2.24. The van der Waals surface area contributed by atoms with Crippen molar-refractivity contribution in [1.29, 1.82) is 0 Å². The molecule has 1 aliphatic carbocycles. The first kappa shape index (κ1) is 18.0. The van der Waals surface area contributed by atoms with Crippen LogP contribution in [0.25, 0.3) is 0 Å². The lowest BCUT2D eigenvalue weighted by Crippen LogP contribution is -2.54. The molecule has 0 spiro atoms. The van der Waals surface area contributed by atoms with Gasteiger partial charge in [0.2, 0.25) is 11.8 Å². The van der Waals surface area contributed by atoms with Crippen molar-refractivity contribution in [1.82, 2.24) is 10.6 Å². The maximum atomic E-state index is 12.1. The van der Waals surface area contributed by atoms with Gasteiger partial charge in [-0.2, -0.15) is 0 Å². The summed E-state index contributed by atoms with van der Waals surface area (Å²) in [7, 11) is 0. The highest BCUT2D eigenvalue weighted by atomic mass is 16.2. The molecule has 1 rings (SSSR count). The summed E-state index contributed by atoms with van der Waals surface area (Å²) >= 11 is 0. The number of rotatable bonds is 8. The fourth-order valence-corrected chi connectivity index (χ4v) is 2.99. The van der Waals surface area contributed by atoms with Crippen molar-refractivity contribution in [2.24, 2.45) is 11.7 Å². The van der Waals surface area contributed by atoms with Gasteiger partial charge in [-0.3, -0.25) is 9.59 Å². The molecule has 1 unspecified atom stereocenters. The maximum absolute atomic E-state index is 12.1. The summed E-state index contributed by atoms with van der Waals surface area (Å²) in [6.45, 7) is 6.38. The third-order valence-electron chi connectivity index (χ3n) is 4.76. The van der Waals surface area contributed by atoms with Gasteiger partial charge in [0.1, 0.15) is 0 Å². The van der Waals surface area contributed by atoms with Crippen LogP contribution < -0.4 is 16.4 Å². The first-order valence-electron chi connectivity index (χ1n) is 8.27. The average molecular weight is 297 g/mol. The lowest BCUT2D eigenvalue weighted by molar-refractivity contribution is -0.126. The molecule has 1 fully saturated rings. The van der Waals surface area contributed by atoms with Crippen LogP contribution in [-0.2, 0) is 9.59 Å². The van der Waals surface area contributed by atoms with Crippen molar-refractivity contribution in [2.75, 3.05) is 6.54 Å². The van der Waals surface area contributed by atoms with E-state index in [0.29, 0.717) is 13.0 Å². The summed E-state index contributed by atoms with van der Waals surface area (Å²) in [6.07, 6.45) is 6.17. The Morgan fingerprint density at radius 1 is 1.24 bits per heavy atom. The first-order chi connectivity index (χ1) is 9.96. The van der Waals surface area contributed by atoms with E-state index in [9.17, 15) is 9.59 Å². The second kappa shape index (κ2) is 8.37. The molecule has 0 aliphatic heterocycles. The van der Waals surface area contributed by atoms with Crippen LogP contribution >= 0.6 is 0 Å². The molecular formula is C16H31N3O2. The van der Waals surface area contributed by atoms with Gasteiger partial charge in [0.25, 0.3) is 0 Å². The smallest absolute Gasteiger partial charge is 0.223 e. The normalized spacial score (nSPS) is 17.5. The Morgan fingerprint density at radius 2 is 1.81 bits per heavy atom. The molecule has 0 bridgehead atoms. The number of nitrogens with two attached hydrogens (primary N) is 1. The van der Waals surface area contributed by atoms with Crippen LogP contribution in [0.4, 0.5) is 0 Å². The third-order valence-corrected chi connectivity index (χ3v) is 4.76. The molecule has 0 saturated heterocycles. The van der Waals surface area contributed by atoms with Crippen molar-refractivity contribution >= 4 is 11.8 Å². The molecular weight excluding hydrogens is 266 g/mol. The van der Waals surface area contributed by atoms with Gasteiger partial charge in [-0.15, -0.1) is 0 Å². The number of carbonyl (C=O) groups is 2. The Labute approximate surface area is 128 Å². The largest absolute Gasteiger partial charge is 0.353 e. The van der Waals surface area contributed by atoms with Crippen molar-refractivity contribution in [2.45, 2.75) is 77.3 Å². The number of amides is 2. The van der Waals surface area contributed by atoms with Crippen LogP contribution in [0, 0.1) is 5.92 Å². The molecule has 2 amide bonds. The predicted molar refractivity (Wildman–Crippen MR) is 84.7 cm³/mol. The van der Waals surface area contributed by atoms with E-state index in [1.807, 2.05) is 20.8 Å². The van der Waals surface area contributed by atoms with Crippen LogP contribution in [0.2, 0.25) is 0 Å². The minimum Gasteiger partial charge on any atom is -0.353 e. The number of hydrogen-bond acceptors (Lipinski definition) is 3. The summed E-state index contributed by atoms with van der Waals surface area (Å²) in [4.78, 5) is 24.2. The predicted octanol–water partition coefficient (Wildman–Crippen LogP) is 1.71. The summed E-state index contributed by atoms with van der Waals surface area (Å²) in [5.74, 6) is 0.206. The van der Waals surface area contributed by atoms with Crippen molar-refractivity contribution in [3.8, 4) is 0 Å². The van der Waals surface area contributed by atoms with Gasteiger partial charge >= 0.3 is 0 Å². The minimum atomic E-state index is -0.313. The number of hydrogen-bond donors (Lipinski definition) is 3. The van der Waals surface area contributed by atoms with E-state index in [1.54, 1.807) is 0 Å². The fourth-order valence-electron chi connectivity index (χ4n) is 2.99. The maximum Gasteiger partial charge on any atom is 0.223 e. The van der Waals surface area contributed by atoms with E-state index in [2.05, 4.69) is 10.6 Å². The van der Waals surface area contributed by atoms with Gasteiger partial charge < -0.3 is 16.4 Å². The standard InChI is InChI=1S/C16H31N3O2/c1-4-16(5-2,11-17)19-14(20)10-12(3)18-15(21)13-8-6-7-9-13/h12-13H,4-11,17H2,1-3H3,(H,18,21)(H,19,20). The molecule has 0 aromatic heterocycles. The van der Waals surface area contributed by atoms with Crippen molar-refractivity contribution < 1.29 is 9.59 Å². The van der Waals surface area contributed by atoms with Crippen LogP contribution in [0.5, 0.6) is 0 Å². The summed E-state index contributed by atoms with van der Waals surface area (Å²) in [5, 5.41) is 6.00. The van der Waals surface area contributed by atoms with E-state index in [4.69, 9.17) is 5.73 Å². The zero-order chi connectivity index (χ0) is 15.9. The number of carbonyl (C=O) groups excluding carboxylic acids is 2. The highest BCUT2D eigenvalue weighted by molar-refractivity contribution is 5.81. The molecule has 122 valence electrons. The molecule has 0 heterocycles. The van der Waals surface area contributed by atoms with E-state index in [1.165, 1.54) is 0 Å². The summed E-state index contributed by atoms with van der Waals surface area (Å²) in [6, 6.07) is -0.137. The molecule has 5 nitrogen and oxygen atoms in total. The van der Waals surface area contributed by atoms with Crippen LogP contribution in [0.3, 0.4) is 0 Å². The highest BCUT2D eigenvalue weighted by Gasteiger charge is 2.28. The van der Waals surface area contributed by atoms with Crippen LogP contribution in [0.15, 0.2) is 0 Å². The zero-order valence-electron chi connectivity index (χ0n) is 13.7. The summed E-state index contributed by atoms with van der Waals surface area (Å²) in [5.41, 5.74) is 5.47. The Bertz CT molecular complexity index is 339. The second-order valence-corrected chi connectivity index (χ2v) is 6.33. The molecule has 1 aliphatic rings. The monoisotopic (exact) mass is 297 g/mol. The average Bonchev–Trinajstić information content (AvgIpc) is 2.99. The van der Waals surface area contributed by atoms with Gasteiger partial charge in [-0.05, 0) is 32.6 Å². The van der Waals surface area contributed by atoms with Gasteiger partial charge in [-0.1, -0.05) is 26.7 Å². The van der Waals surface area contributed by atoms with Gasteiger partial charge in [0.05, 0.1) is 5.54 Å². The Kier molecular flexibility index (Phi) is 7.15. The van der Waals surface area contributed by atoms with E-state index >= 15 is 0 Å². The summed E-state index contributed by atoms with van der Waals surface area (Å²) < 4.78 is 0. The molecule has 21 heavy (non-hydrogen) atoms. The first-order valence-corrected chi connectivity index (χ1v) is 8.27. The van der Waals surface area contributed by atoms with E-state index in [-0.39, 0.29) is 29.3 Å². The quantitative estimate of drug-likeness (QED) is 0.637. The lowest BCUT2D eigenvalue weighted by Gasteiger charge is -2.32. The van der Waals surface area contributed by atoms with Crippen molar-refractivity contribution in [3.63, 3.8) is 0 Å².